The molecule has 0 saturated carbocycles. The second-order valence-electron chi connectivity index (χ2n) is 7.66. The van der Waals surface area contributed by atoms with Crippen molar-refractivity contribution in [2.24, 2.45) is 7.05 Å². The zero-order chi connectivity index (χ0) is 19.3. The summed E-state index contributed by atoms with van der Waals surface area (Å²) in [6, 6.07) is 7.36. The SMILES string of the molecule is Cc1nc(N2CC(N3CCN(c4ccc(F)cc4)CC3)C2)c2cnn(C)c2n1. The van der Waals surface area contributed by atoms with E-state index in [0.717, 1.165) is 67.6 Å². The molecular formula is C20H24FN7. The van der Waals surface area contributed by atoms with Crippen LogP contribution in [0.2, 0.25) is 0 Å². The lowest BCUT2D eigenvalue weighted by Gasteiger charge is -2.49. The third-order valence-corrected chi connectivity index (χ3v) is 5.87. The Balaban J connectivity index is 1.22. The lowest BCUT2D eigenvalue weighted by atomic mass is 10.1. The summed E-state index contributed by atoms with van der Waals surface area (Å²) in [6.45, 7) is 7.90. The number of benzene rings is 1. The van der Waals surface area contributed by atoms with E-state index in [4.69, 9.17) is 0 Å². The molecule has 2 aliphatic rings. The number of hydrogen-bond acceptors (Lipinski definition) is 6. The summed E-state index contributed by atoms with van der Waals surface area (Å²) >= 11 is 0. The number of aromatic nitrogens is 4. The standard InChI is InChI=1S/C20H24FN7/c1-14-23-19-18(11-22-25(19)2)20(24-14)28-12-17(13-28)27-9-7-26(8-10-27)16-5-3-15(21)4-6-16/h3-6,11,17H,7-10,12-13H2,1-2H3. The molecule has 146 valence electrons. The summed E-state index contributed by atoms with van der Waals surface area (Å²) in [5, 5.41) is 5.36. The van der Waals surface area contributed by atoms with Crippen molar-refractivity contribution >= 4 is 22.5 Å². The first-order chi connectivity index (χ1) is 13.6. The van der Waals surface area contributed by atoms with Gasteiger partial charge >= 0.3 is 0 Å². The van der Waals surface area contributed by atoms with Gasteiger partial charge in [-0.15, -0.1) is 0 Å². The molecule has 7 nitrogen and oxygen atoms in total. The molecule has 2 fully saturated rings. The Kier molecular flexibility index (Phi) is 4.16. The van der Waals surface area contributed by atoms with E-state index in [-0.39, 0.29) is 5.82 Å². The van der Waals surface area contributed by atoms with Crippen molar-refractivity contribution in [1.29, 1.82) is 0 Å². The molecule has 0 radical (unpaired) electrons. The van der Waals surface area contributed by atoms with Crippen LogP contribution in [-0.2, 0) is 7.05 Å². The van der Waals surface area contributed by atoms with E-state index in [1.165, 1.54) is 12.1 Å². The summed E-state index contributed by atoms with van der Waals surface area (Å²) in [7, 11) is 1.91. The van der Waals surface area contributed by atoms with Crippen molar-refractivity contribution in [2.75, 3.05) is 49.1 Å². The van der Waals surface area contributed by atoms with Crippen molar-refractivity contribution in [3.05, 3.63) is 42.1 Å². The lowest BCUT2D eigenvalue weighted by molar-refractivity contribution is 0.157. The minimum atomic E-state index is -0.181. The molecule has 5 rings (SSSR count). The molecule has 0 atom stereocenters. The van der Waals surface area contributed by atoms with Gasteiger partial charge in [0.05, 0.1) is 11.6 Å². The molecule has 2 aromatic heterocycles. The van der Waals surface area contributed by atoms with Crippen molar-refractivity contribution in [2.45, 2.75) is 13.0 Å². The van der Waals surface area contributed by atoms with E-state index in [0.29, 0.717) is 6.04 Å². The zero-order valence-electron chi connectivity index (χ0n) is 16.2. The molecule has 8 heteroatoms. The summed E-state index contributed by atoms with van der Waals surface area (Å²) in [6.07, 6.45) is 1.86. The average Bonchev–Trinajstić information content (AvgIpc) is 3.03. The van der Waals surface area contributed by atoms with E-state index in [1.807, 2.05) is 32.3 Å². The van der Waals surface area contributed by atoms with Crippen LogP contribution in [0.15, 0.2) is 30.5 Å². The maximum atomic E-state index is 13.1. The molecule has 0 N–H and O–H groups in total. The van der Waals surface area contributed by atoms with Gasteiger partial charge in [-0.1, -0.05) is 0 Å². The van der Waals surface area contributed by atoms with Crippen LogP contribution in [0.4, 0.5) is 15.9 Å². The van der Waals surface area contributed by atoms with Crippen LogP contribution in [0.1, 0.15) is 5.82 Å². The monoisotopic (exact) mass is 381 g/mol. The molecule has 2 saturated heterocycles. The quantitative estimate of drug-likeness (QED) is 0.690. The Bertz CT molecular complexity index is 986. The second-order valence-corrected chi connectivity index (χ2v) is 7.66. The van der Waals surface area contributed by atoms with Gasteiger partial charge in [0.25, 0.3) is 0 Å². The van der Waals surface area contributed by atoms with Crippen molar-refractivity contribution in [1.82, 2.24) is 24.6 Å². The first-order valence-corrected chi connectivity index (χ1v) is 9.74. The summed E-state index contributed by atoms with van der Waals surface area (Å²) in [5.41, 5.74) is 1.99. The Morgan fingerprint density at radius 3 is 2.39 bits per heavy atom. The number of hydrogen-bond donors (Lipinski definition) is 0. The van der Waals surface area contributed by atoms with Gasteiger partial charge in [0.15, 0.2) is 5.65 Å². The first kappa shape index (κ1) is 17.4. The third-order valence-electron chi connectivity index (χ3n) is 5.87. The van der Waals surface area contributed by atoms with E-state index in [9.17, 15) is 4.39 Å². The van der Waals surface area contributed by atoms with Gasteiger partial charge in [-0.25, -0.2) is 14.4 Å². The van der Waals surface area contributed by atoms with Crippen LogP contribution < -0.4 is 9.80 Å². The maximum absolute atomic E-state index is 13.1. The van der Waals surface area contributed by atoms with Crippen LogP contribution in [0.25, 0.3) is 11.0 Å². The summed E-state index contributed by atoms with van der Waals surface area (Å²) in [4.78, 5) is 16.4. The largest absolute Gasteiger partial charge is 0.369 e. The smallest absolute Gasteiger partial charge is 0.163 e. The molecule has 0 aliphatic carbocycles. The van der Waals surface area contributed by atoms with E-state index < -0.39 is 0 Å². The fourth-order valence-corrected chi connectivity index (χ4v) is 4.21. The molecule has 3 aromatic rings. The molecular weight excluding hydrogens is 357 g/mol. The number of aryl methyl sites for hydroxylation is 2. The highest BCUT2D eigenvalue weighted by Gasteiger charge is 2.35. The highest BCUT2D eigenvalue weighted by molar-refractivity contribution is 5.87. The molecule has 0 spiro atoms. The van der Waals surface area contributed by atoms with Crippen molar-refractivity contribution in [3.8, 4) is 0 Å². The average molecular weight is 381 g/mol. The minimum absolute atomic E-state index is 0.181. The highest BCUT2D eigenvalue weighted by atomic mass is 19.1. The maximum Gasteiger partial charge on any atom is 0.163 e. The van der Waals surface area contributed by atoms with E-state index >= 15 is 0 Å². The van der Waals surface area contributed by atoms with Gasteiger partial charge in [0, 0.05) is 58.0 Å². The van der Waals surface area contributed by atoms with Crippen LogP contribution in [0.5, 0.6) is 0 Å². The predicted molar refractivity (Wildman–Crippen MR) is 107 cm³/mol. The van der Waals surface area contributed by atoms with Crippen molar-refractivity contribution < 1.29 is 4.39 Å². The Morgan fingerprint density at radius 2 is 1.68 bits per heavy atom. The van der Waals surface area contributed by atoms with E-state index in [1.54, 1.807) is 4.68 Å². The summed E-state index contributed by atoms with van der Waals surface area (Å²) < 4.78 is 14.9. The van der Waals surface area contributed by atoms with Gasteiger partial charge < -0.3 is 9.80 Å². The minimum Gasteiger partial charge on any atom is -0.369 e. The molecule has 4 heterocycles. The topological polar surface area (TPSA) is 53.3 Å². The van der Waals surface area contributed by atoms with Gasteiger partial charge in [-0.3, -0.25) is 9.58 Å². The van der Waals surface area contributed by atoms with Crippen LogP contribution in [0.3, 0.4) is 0 Å². The van der Waals surface area contributed by atoms with Crippen LogP contribution in [-0.4, -0.2) is 70.0 Å². The molecule has 1 aromatic carbocycles. The molecule has 2 aliphatic heterocycles. The number of anilines is 2. The van der Waals surface area contributed by atoms with Gasteiger partial charge in [0.2, 0.25) is 0 Å². The highest BCUT2D eigenvalue weighted by Crippen LogP contribution is 2.29. The number of rotatable bonds is 3. The molecule has 0 bridgehead atoms. The molecule has 28 heavy (non-hydrogen) atoms. The number of piperazine rings is 1. The third kappa shape index (κ3) is 2.97. The van der Waals surface area contributed by atoms with Gasteiger partial charge in [0.1, 0.15) is 17.5 Å². The van der Waals surface area contributed by atoms with Crippen molar-refractivity contribution in [3.63, 3.8) is 0 Å². The predicted octanol–water partition coefficient (Wildman–Crippen LogP) is 1.82. The summed E-state index contributed by atoms with van der Waals surface area (Å²) in [5.74, 6) is 1.60. The molecule has 0 amide bonds. The fraction of sp³-hybridized carbons (Fsp3) is 0.450. The van der Waals surface area contributed by atoms with E-state index in [2.05, 4.69) is 29.8 Å². The van der Waals surface area contributed by atoms with Crippen LogP contribution in [0, 0.1) is 12.7 Å². The number of halogens is 1. The fourth-order valence-electron chi connectivity index (χ4n) is 4.21. The van der Waals surface area contributed by atoms with Gasteiger partial charge in [-0.05, 0) is 31.2 Å². The Hall–Kier alpha value is -2.74. The Labute approximate surface area is 163 Å². The normalized spacial score (nSPS) is 18.7. The van der Waals surface area contributed by atoms with Gasteiger partial charge in [-0.2, -0.15) is 5.10 Å². The number of fused-ring (bicyclic) bond motifs is 1. The molecule has 0 unspecified atom stereocenters. The van der Waals surface area contributed by atoms with Crippen LogP contribution >= 0.6 is 0 Å². The first-order valence-electron chi connectivity index (χ1n) is 9.74. The number of nitrogens with zero attached hydrogens (tertiary/aromatic N) is 7. The Morgan fingerprint density at radius 1 is 0.964 bits per heavy atom. The lowest BCUT2D eigenvalue weighted by Crippen LogP contribution is -2.63. The second kappa shape index (κ2) is 6.70. The zero-order valence-corrected chi connectivity index (χ0v) is 16.2.